The molecule has 0 saturated heterocycles. The molecule has 0 aliphatic heterocycles. The molecule has 1 heterocycles. The number of pyridine rings is 1. The van der Waals surface area contributed by atoms with E-state index in [-0.39, 0.29) is 22.4 Å². The number of nitriles is 1. The Morgan fingerprint density at radius 3 is 2.78 bits per heavy atom. The van der Waals surface area contributed by atoms with Gasteiger partial charge < -0.3 is 14.4 Å². The van der Waals surface area contributed by atoms with E-state index in [9.17, 15) is 14.7 Å². The normalized spacial score (nSPS) is 10.3. The number of aromatic hydroxyl groups is 1. The minimum absolute atomic E-state index is 0.108. The number of nitrogens with zero attached hydrogens (tertiary/aromatic N) is 2. The van der Waals surface area contributed by atoms with Gasteiger partial charge in [-0.1, -0.05) is 12.1 Å². The van der Waals surface area contributed by atoms with Crippen molar-refractivity contribution in [1.29, 1.82) is 5.26 Å². The lowest BCUT2D eigenvalue weighted by Crippen LogP contribution is -2.24. The highest BCUT2D eigenvalue weighted by Gasteiger charge is 2.16. The van der Waals surface area contributed by atoms with Crippen molar-refractivity contribution in [3.63, 3.8) is 0 Å². The number of hydrogen-bond donors (Lipinski definition) is 1. The van der Waals surface area contributed by atoms with E-state index in [1.165, 1.54) is 29.0 Å². The molecule has 6 nitrogen and oxygen atoms in total. The molecule has 0 aliphatic carbocycles. The summed E-state index contributed by atoms with van der Waals surface area (Å²) in [6, 6.07) is 9.20. The number of ether oxygens (including phenoxy) is 1. The lowest BCUT2D eigenvalue weighted by atomic mass is 10.0. The molecule has 6 heteroatoms. The first-order valence-electron chi connectivity index (χ1n) is 7.04. The highest BCUT2D eigenvalue weighted by atomic mass is 16.5. The van der Waals surface area contributed by atoms with Gasteiger partial charge in [-0.3, -0.25) is 9.59 Å². The third kappa shape index (κ3) is 3.65. The molecule has 0 spiro atoms. The minimum atomic E-state index is -0.447. The second kappa shape index (κ2) is 7.38. The third-order valence-electron chi connectivity index (χ3n) is 3.36. The summed E-state index contributed by atoms with van der Waals surface area (Å²) >= 11 is 0. The average Bonchev–Trinajstić information content (AvgIpc) is 2.56. The molecule has 0 atom stereocenters. The van der Waals surface area contributed by atoms with Crippen LogP contribution in [0, 0.1) is 11.3 Å². The minimum Gasteiger partial charge on any atom is -0.507 e. The maximum atomic E-state index is 12.5. The lowest BCUT2D eigenvalue weighted by Gasteiger charge is -2.09. The molecule has 23 heavy (non-hydrogen) atoms. The van der Waals surface area contributed by atoms with Crippen molar-refractivity contribution in [3.8, 4) is 11.8 Å². The Morgan fingerprint density at radius 2 is 2.13 bits per heavy atom. The molecule has 0 aliphatic rings. The van der Waals surface area contributed by atoms with Crippen molar-refractivity contribution < 1.29 is 14.6 Å². The lowest BCUT2D eigenvalue weighted by molar-refractivity contribution is 0.103. The van der Waals surface area contributed by atoms with Crippen LogP contribution in [-0.4, -0.2) is 29.2 Å². The molecule has 1 N–H and O–H groups in total. The summed E-state index contributed by atoms with van der Waals surface area (Å²) in [5, 5.41) is 18.9. The summed E-state index contributed by atoms with van der Waals surface area (Å²) in [7, 11) is 1.56. The Morgan fingerprint density at radius 1 is 1.39 bits per heavy atom. The SMILES string of the molecule is COCCCn1cc(C(=O)c2ccccc2O)cc(C#N)c1=O. The quantitative estimate of drug-likeness (QED) is 0.647. The van der Waals surface area contributed by atoms with Gasteiger partial charge in [-0.2, -0.15) is 5.26 Å². The van der Waals surface area contributed by atoms with E-state index in [0.29, 0.717) is 19.6 Å². The van der Waals surface area contributed by atoms with Gasteiger partial charge in [-0.05, 0) is 24.6 Å². The van der Waals surface area contributed by atoms with Crippen LogP contribution >= 0.6 is 0 Å². The summed E-state index contributed by atoms with van der Waals surface area (Å²) in [5.41, 5.74) is -0.250. The number of aryl methyl sites for hydroxylation is 1. The molecule has 0 fully saturated rings. The van der Waals surface area contributed by atoms with E-state index in [1.807, 2.05) is 6.07 Å². The van der Waals surface area contributed by atoms with Crippen LogP contribution in [0.25, 0.3) is 0 Å². The second-order valence-corrected chi connectivity index (χ2v) is 4.95. The number of hydrogen-bond acceptors (Lipinski definition) is 5. The molecule has 2 rings (SSSR count). The largest absolute Gasteiger partial charge is 0.507 e. The summed E-state index contributed by atoms with van der Waals surface area (Å²) < 4.78 is 6.27. The van der Waals surface area contributed by atoms with Crippen molar-refractivity contribution in [2.75, 3.05) is 13.7 Å². The smallest absolute Gasteiger partial charge is 0.268 e. The third-order valence-corrected chi connectivity index (χ3v) is 3.36. The summed E-state index contributed by atoms with van der Waals surface area (Å²) in [4.78, 5) is 24.6. The van der Waals surface area contributed by atoms with E-state index < -0.39 is 11.3 Å². The van der Waals surface area contributed by atoms with Gasteiger partial charge in [0.1, 0.15) is 17.4 Å². The molecule has 0 radical (unpaired) electrons. The molecule has 118 valence electrons. The second-order valence-electron chi connectivity index (χ2n) is 4.95. The monoisotopic (exact) mass is 312 g/mol. The number of methoxy groups -OCH3 is 1. The number of para-hydroxylation sites is 1. The molecule has 1 aromatic heterocycles. The molecule has 0 saturated carbocycles. The number of carbonyl (C=O) groups excluding carboxylic acids is 1. The number of benzene rings is 1. The summed E-state index contributed by atoms with van der Waals surface area (Å²) in [5.74, 6) is -0.590. The standard InChI is InChI=1S/C17H16N2O4/c1-23-8-4-7-19-11-13(9-12(10-18)17(19)22)16(21)14-5-2-3-6-15(14)20/h2-3,5-6,9,11,20H,4,7-8H2,1H3. The number of ketones is 1. The fourth-order valence-electron chi connectivity index (χ4n) is 2.21. The van der Waals surface area contributed by atoms with Gasteiger partial charge >= 0.3 is 0 Å². The zero-order valence-corrected chi connectivity index (χ0v) is 12.7. The van der Waals surface area contributed by atoms with Crippen molar-refractivity contribution in [1.82, 2.24) is 4.57 Å². The Labute approximate surface area is 133 Å². The molecule has 0 bridgehead atoms. The van der Waals surface area contributed by atoms with Gasteiger partial charge in [0, 0.05) is 32.0 Å². The van der Waals surface area contributed by atoms with Crippen LogP contribution in [0.5, 0.6) is 5.75 Å². The van der Waals surface area contributed by atoms with E-state index in [1.54, 1.807) is 19.2 Å². The Bertz CT molecular complexity index is 818. The van der Waals surface area contributed by atoms with Crippen molar-refractivity contribution in [2.24, 2.45) is 0 Å². The number of rotatable bonds is 6. The highest BCUT2D eigenvalue weighted by molar-refractivity contribution is 6.10. The first-order valence-corrected chi connectivity index (χ1v) is 7.04. The topological polar surface area (TPSA) is 92.3 Å². The zero-order valence-electron chi connectivity index (χ0n) is 12.7. The fourth-order valence-corrected chi connectivity index (χ4v) is 2.21. The van der Waals surface area contributed by atoms with Crippen LogP contribution in [0.3, 0.4) is 0 Å². The van der Waals surface area contributed by atoms with E-state index in [4.69, 9.17) is 10.00 Å². The number of aromatic nitrogens is 1. The number of phenolic OH excluding ortho intramolecular Hbond substituents is 1. The van der Waals surface area contributed by atoms with Gasteiger partial charge in [-0.15, -0.1) is 0 Å². The fraction of sp³-hybridized carbons (Fsp3) is 0.235. The van der Waals surface area contributed by atoms with Gasteiger partial charge in [0.25, 0.3) is 5.56 Å². The van der Waals surface area contributed by atoms with Crippen LogP contribution in [0.2, 0.25) is 0 Å². The molecule has 1 aromatic carbocycles. The molecular weight excluding hydrogens is 296 g/mol. The molecular formula is C17H16N2O4. The Balaban J connectivity index is 2.45. The van der Waals surface area contributed by atoms with Crippen LogP contribution in [-0.2, 0) is 11.3 Å². The predicted octanol–water partition coefficient (Wildman–Crippen LogP) is 1.69. The predicted molar refractivity (Wildman–Crippen MR) is 83.4 cm³/mol. The zero-order chi connectivity index (χ0) is 16.8. The highest BCUT2D eigenvalue weighted by Crippen LogP contribution is 2.19. The van der Waals surface area contributed by atoms with Crippen molar-refractivity contribution in [3.05, 3.63) is 63.6 Å². The molecule has 0 unspecified atom stereocenters. The Kier molecular flexibility index (Phi) is 5.28. The van der Waals surface area contributed by atoms with Crippen LogP contribution in [0.4, 0.5) is 0 Å². The van der Waals surface area contributed by atoms with Crippen LogP contribution in [0.15, 0.2) is 41.3 Å². The van der Waals surface area contributed by atoms with Gasteiger partial charge in [0.15, 0.2) is 5.78 Å². The maximum Gasteiger partial charge on any atom is 0.268 e. The van der Waals surface area contributed by atoms with Crippen LogP contribution < -0.4 is 5.56 Å². The summed E-state index contributed by atoms with van der Waals surface area (Å²) in [6.07, 6.45) is 1.99. The first kappa shape index (κ1) is 16.5. The number of phenols is 1. The van der Waals surface area contributed by atoms with Crippen LogP contribution in [0.1, 0.15) is 27.9 Å². The van der Waals surface area contributed by atoms with Gasteiger partial charge in [-0.25, -0.2) is 0 Å². The summed E-state index contributed by atoms with van der Waals surface area (Å²) in [6.45, 7) is 0.801. The van der Waals surface area contributed by atoms with E-state index in [0.717, 1.165) is 0 Å². The first-order chi connectivity index (χ1) is 11.1. The van der Waals surface area contributed by atoms with Gasteiger partial charge in [0.05, 0.1) is 5.56 Å². The van der Waals surface area contributed by atoms with E-state index >= 15 is 0 Å². The van der Waals surface area contributed by atoms with Crippen molar-refractivity contribution >= 4 is 5.78 Å². The molecule has 0 amide bonds. The van der Waals surface area contributed by atoms with Crippen molar-refractivity contribution in [2.45, 2.75) is 13.0 Å². The maximum absolute atomic E-state index is 12.5. The van der Waals surface area contributed by atoms with E-state index in [2.05, 4.69) is 0 Å². The average molecular weight is 312 g/mol. The molecule has 2 aromatic rings. The van der Waals surface area contributed by atoms with Gasteiger partial charge in [0.2, 0.25) is 0 Å². The Hall–Kier alpha value is -2.91. The number of carbonyl (C=O) groups is 1.